The van der Waals surface area contributed by atoms with E-state index in [1.54, 1.807) is 0 Å². The molecule has 188 valence electrons. The summed E-state index contributed by atoms with van der Waals surface area (Å²) in [5.41, 5.74) is 8.40. The van der Waals surface area contributed by atoms with Crippen LogP contribution in [0.5, 0.6) is 0 Å². The van der Waals surface area contributed by atoms with Crippen molar-refractivity contribution in [1.82, 2.24) is 10.6 Å². The molecule has 33 heavy (non-hydrogen) atoms. The van der Waals surface area contributed by atoms with Crippen molar-refractivity contribution in [1.29, 1.82) is 0 Å². The first-order chi connectivity index (χ1) is 15.2. The van der Waals surface area contributed by atoms with E-state index in [4.69, 9.17) is 19.5 Å². The summed E-state index contributed by atoms with van der Waals surface area (Å²) in [7, 11) is -9.31. The normalized spacial score (nSPS) is 38.0. The van der Waals surface area contributed by atoms with Crippen LogP contribution in [0.4, 0.5) is 0 Å². The molecule has 0 aromatic heterocycles. The molecular formula is C12H24BN5O13P2. The number of aliphatic hydroxyl groups excluding tert-OH is 3. The van der Waals surface area contributed by atoms with Crippen LogP contribution in [0.2, 0.25) is 0 Å². The van der Waals surface area contributed by atoms with Crippen LogP contribution in [0.25, 0.3) is 10.4 Å². The molecule has 0 aliphatic carbocycles. The third kappa shape index (κ3) is 8.24. The molecule has 2 rings (SSSR count). The number of nitrogens with zero attached hydrogens (tertiary/aromatic N) is 3. The molecule has 21 heteroatoms. The number of amides is 1. The number of phosphoric acid groups is 2. The average Bonchev–Trinajstić information content (AvgIpc) is 2.93. The Kier molecular flexibility index (Phi) is 9.82. The predicted molar refractivity (Wildman–Crippen MR) is 106 cm³/mol. The van der Waals surface area contributed by atoms with E-state index in [9.17, 15) is 39.0 Å². The maximum atomic E-state index is 12.3. The van der Waals surface area contributed by atoms with Crippen LogP contribution < -0.4 is 10.6 Å². The molecule has 7 N–H and O–H groups in total. The van der Waals surface area contributed by atoms with Crippen LogP contribution in [0.15, 0.2) is 5.11 Å². The first-order valence-electron chi connectivity index (χ1n) is 9.33. The molecule has 1 amide bonds. The zero-order valence-electron chi connectivity index (χ0n) is 17.3. The molecule has 0 aromatic rings. The third-order valence-electron chi connectivity index (χ3n) is 4.42. The van der Waals surface area contributed by atoms with Gasteiger partial charge in [-0.25, -0.2) is 9.13 Å². The number of hydrogen-bond acceptors (Lipinski definition) is 13. The summed E-state index contributed by atoms with van der Waals surface area (Å²) < 4.78 is 48.2. The molecule has 0 radical (unpaired) electrons. The van der Waals surface area contributed by atoms with Gasteiger partial charge in [-0.05, 0) is 5.53 Å². The summed E-state index contributed by atoms with van der Waals surface area (Å²) in [6, 6.07) is -2.29. The molecule has 0 saturated carbocycles. The summed E-state index contributed by atoms with van der Waals surface area (Å²) in [5, 5.41) is 37.4. The van der Waals surface area contributed by atoms with Crippen LogP contribution in [0.1, 0.15) is 6.92 Å². The number of carbonyl (C=O) groups excluding carboxylic acids is 1. The Bertz CT molecular complexity index is 849. The molecule has 18 nitrogen and oxygen atoms in total. The second-order valence-electron chi connectivity index (χ2n) is 7.03. The van der Waals surface area contributed by atoms with E-state index < -0.39 is 83.8 Å². The van der Waals surface area contributed by atoms with Crippen molar-refractivity contribution < 1.29 is 61.9 Å². The number of rotatable bonds is 10. The highest BCUT2D eigenvalue weighted by Crippen LogP contribution is 2.61. The van der Waals surface area contributed by atoms with Crippen molar-refractivity contribution in [2.75, 3.05) is 13.2 Å². The fourth-order valence-electron chi connectivity index (χ4n) is 2.95. The lowest BCUT2D eigenvalue weighted by molar-refractivity contribution is -0.212. The average molecular weight is 519 g/mol. The number of aliphatic hydroxyl groups is 3. The SMILES string of the molecule is B[C@@H]1O[C@H](COP(=O)(O)OP(=O)(O)OC2OC(CN=[N+]=[N-])NC(O)C2NC(C)=O)C(O)C1O. The number of azide groups is 1. The molecule has 0 bridgehead atoms. The van der Waals surface area contributed by atoms with E-state index >= 15 is 0 Å². The van der Waals surface area contributed by atoms with Gasteiger partial charge < -0.3 is 39.9 Å². The maximum Gasteiger partial charge on any atom is 0.483 e. The number of nitrogens with one attached hydrogen (secondary N) is 2. The van der Waals surface area contributed by atoms with Gasteiger partial charge in [-0.1, -0.05) is 5.11 Å². The predicted octanol–water partition coefficient (Wildman–Crippen LogP) is -3.28. The van der Waals surface area contributed by atoms with Crippen LogP contribution in [-0.4, -0.2) is 101 Å². The summed E-state index contributed by atoms with van der Waals surface area (Å²) in [6.07, 6.45) is -8.70. The number of phosphoric ester groups is 2. The summed E-state index contributed by atoms with van der Waals surface area (Å²) >= 11 is 0. The lowest BCUT2D eigenvalue weighted by Gasteiger charge is -2.40. The first kappa shape index (κ1) is 28.1. The molecule has 0 aromatic carbocycles. The van der Waals surface area contributed by atoms with Gasteiger partial charge in [-0.15, -0.1) is 0 Å². The molecule has 10 atom stereocenters. The van der Waals surface area contributed by atoms with E-state index in [1.165, 1.54) is 7.85 Å². The van der Waals surface area contributed by atoms with Gasteiger partial charge in [0.25, 0.3) is 0 Å². The quantitative estimate of drug-likeness (QED) is 0.0491. The monoisotopic (exact) mass is 519 g/mol. The van der Waals surface area contributed by atoms with E-state index in [1.807, 2.05) is 0 Å². The second kappa shape index (κ2) is 11.5. The largest absolute Gasteiger partial charge is 0.483 e. The Morgan fingerprint density at radius 3 is 2.45 bits per heavy atom. The number of ether oxygens (including phenoxy) is 2. The highest BCUT2D eigenvalue weighted by Gasteiger charge is 2.46. The van der Waals surface area contributed by atoms with E-state index in [0.29, 0.717) is 0 Å². The fourth-order valence-corrected chi connectivity index (χ4v) is 5.12. The van der Waals surface area contributed by atoms with E-state index in [-0.39, 0.29) is 0 Å². The molecule has 2 aliphatic rings. The van der Waals surface area contributed by atoms with Gasteiger partial charge in [0, 0.05) is 11.8 Å². The van der Waals surface area contributed by atoms with Gasteiger partial charge in [0.1, 0.15) is 44.7 Å². The van der Waals surface area contributed by atoms with Crippen molar-refractivity contribution in [2.24, 2.45) is 5.11 Å². The fraction of sp³-hybridized carbons (Fsp3) is 0.917. The Labute approximate surface area is 187 Å². The van der Waals surface area contributed by atoms with Crippen molar-refractivity contribution in [3.8, 4) is 0 Å². The Morgan fingerprint density at radius 1 is 1.24 bits per heavy atom. The Morgan fingerprint density at radius 2 is 1.91 bits per heavy atom. The number of hydrogen-bond donors (Lipinski definition) is 7. The van der Waals surface area contributed by atoms with Gasteiger partial charge in [0.05, 0.1) is 19.2 Å². The Hall–Kier alpha value is -1.14. The second-order valence-corrected chi connectivity index (χ2v) is 10.0. The van der Waals surface area contributed by atoms with Gasteiger partial charge in [-0.2, -0.15) is 4.31 Å². The van der Waals surface area contributed by atoms with Crippen LogP contribution in [0.3, 0.4) is 0 Å². The topological polar surface area (TPSA) is 271 Å². The first-order valence-corrected chi connectivity index (χ1v) is 12.3. The lowest BCUT2D eigenvalue weighted by atomic mass is 9.93. The summed E-state index contributed by atoms with van der Waals surface area (Å²) in [4.78, 5) is 33.6. The zero-order valence-corrected chi connectivity index (χ0v) is 19.1. The lowest BCUT2D eigenvalue weighted by Crippen LogP contribution is -2.65. The highest BCUT2D eigenvalue weighted by atomic mass is 31.3. The summed E-state index contributed by atoms with van der Waals surface area (Å²) in [6.45, 7) is -0.119. The van der Waals surface area contributed by atoms with Gasteiger partial charge in [0.2, 0.25) is 5.91 Å². The van der Waals surface area contributed by atoms with Gasteiger partial charge in [0.15, 0.2) is 6.29 Å². The maximum absolute atomic E-state index is 12.3. The Balaban J connectivity index is 2.04. The minimum Gasteiger partial charge on any atom is -0.388 e. The van der Waals surface area contributed by atoms with Crippen LogP contribution in [-0.2, 0) is 36.8 Å². The highest BCUT2D eigenvalue weighted by molar-refractivity contribution is 7.61. The van der Waals surface area contributed by atoms with Crippen molar-refractivity contribution in [2.45, 2.75) is 56.0 Å². The molecule has 2 heterocycles. The van der Waals surface area contributed by atoms with Crippen molar-refractivity contribution >= 4 is 29.4 Å². The summed E-state index contributed by atoms with van der Waals surface area (Å²) in [5.74, 6) is -0.692. The number of carbonyl (C=O) groups is 1. The minimum atomic E-state index is -5.45. The molecule has 2 aliphatic heterocycles. The molecule has 2 saturated heterocycles. The van der Waals surface area contributed by atoms with E-state index in [0.717, 1.165) is 6.92 Å². The molecular weight excluding hydrogens is 495 g/mol. The molecule has 0 spiro atoms. The van der Waals surface area contributed by atoms with E-state index in [2.05, 4.69) is 29.5 Å². The van der Waals surface area contributed by atoms with Gasteiger partial charge in [-0.3, -0.25) is 19.2 Å². The smallest absolute Gasteiger partial charge is 0.388 e. The zero-order chi connectivity index (χ0) is 25.0. The van der Waals surface area contributed by atoms with Crippen molar-refractivity contribution in [3.05, 3.63) is 10.4 Å². The minimum absolute atomic E-state index is 0.396. The third-order valence-corrected chi connectivity index (χ3v) is 7.02. The van der Waals surface area contributed by atoms with Crippen LogP contribution >= 0.6 is 15.6 Å². The molecule has 2 fully saturated rings. The van der Waals surface area contributed by atoms with Crippen molar-refractivity contribution in [3.63, 3.8) is 0 Å². The standard InChI is InChI=1S/C12H24BN5O13P2/c1-4(19)16-7-11(22)17-6(2-15-18-14)29-12(7)30-33(25,26)31-32(23,24)27-3-5-8(20)9(21)10(13)28-5/h5-12,17,20-22H,2-3,13H2,1H3,(H,16,19)(H,23,24)(H,25,26)/t5-,6?,7?,8?,9?,10-,11?,12?/m1/s1. The van der Waals surface area contributed by atoms with Crippen LogP contribution in [0, 0.1) is 0 Å². The van der Waals surface area contributed by atoms with Gasteiger partial charge >= 0.3 is 15.6 Å². The molecule has 8 unspecified atom stereocenters.